The molecule has 1 aromatic rings. The maximum absolute atomic E-state index is 13.0. The molecule has 2 unspecified atom stereocenters. The number of piperidine rings is 1. The Balaban J connectivity index is 1.38. The van der Waals surface area contributed by atoms with E-state index in [2.05, 4.69) is 9.88 Å². The number of anilines is 1. The normalized spacial score (nSPS) is 32.0. The average Bonchev–Trinajstić information content (AvgIpc) is 3.33. The van der Waals surface area contributed by atoms with Gasteiger partial charge in [0.1, 0.15) is 12.4 Å². The van der Waals surface area contributed by atoms with Gasteiger partial charge in [-0.2, -0.15) is 4.65 Å². The first-order valence-corrected chi connectivity index (χ1v) is 9.02. The van der Waals surface area contributed by atoms with Crippen LogP contribution < -0.4 is 4.90 Å². The van der Waals surface area contributed by atoms with E-state index >= 15 is 0 Å². The van der Waals surface area contributed by atoms with Gasteiger partial charge >= 0.3 is 0 Å². The number of aromatic nitrogens is 1. The first kappa shape index (κ1) is 15.8. The molecule has 1 spiro atoms. The third-order valence-corrected chi connectivity index (χ3v) is 6.08. The van der Waals surface area contributed by atoms with Gasteiger partial charge in [-0.25, -0.2) is 10.2 Å². The number of hydrogen-bond donors (Lipinski definition) is 1. The lowest BCUT2D eigenvalue weighted by Crippen LogP contribution is -2.63. The Morgan fingerprint density at radius 1 is 1.25 bits per heavy atom. The van der Waals surface area contributed by atoms with Crippen LogP contribution in [0.4, 0.5) is 5.82 Å². The average molecular weight is 331 g/mol. The standard InChI is InChI=1S/C18H27N4O2/c1-22(24)14-18(7-8-18)6-5-15(22)17(23)21-12-10-20(11-13-21)16-4-2-3-9-19-16/h2-4,9,15,24H,5-8,10-14H2,1H3/q+1. The van der Waals surface area contributed by atoms with Crippen molar-refractivity contribution in [3.8, 4) is 0 Å². The minimum absolute atomic E-state index is 0.121. The van der Waals surface area contributed by atoms with Crippen LogP contribution >= 0.6 is 0 Å². The van der Waals surface area contributed by atoms with E-state index in [1.165, 1.54) is 12.8 Å². The number of nitrogens with zero attached hydrogens (tertiary/aromatic N) is 4. The molecular weight excluding hydrogens is 304 g/mol. The molecule has 2 aliphatic heterocycles. The van der Waals surface area contributed by atoms with Crippen LogP contribution in [-0.4, -0.2) is 71.5 Å². The molecule has 2 saturated heterocycles. The van der Waals surface area contributed by atoms with Crippen LogP contribution in [0.2, 0.25) is 0 Å². The van der Waals surface area contributed by atoms with Crippen molar-refractivity contribution in [1.82, 2.24) is 9.88 Å². The Morgan fingerprint density at radius 3 is 2.58 bits per heavy atom. The van der Waals surface area contributed by atoms with Crippen LogP contribution in [0.3, 0.4) is 0 Å². The largest absolute Gasteiger partial charge is 0.353 e. The van der Waals surface area contributed by atoms with E-state index in [-0.39, 0.29) is 16.6 Å². The molecule has 3 aliphatic rings. The second kappa shape index (κ2) is 5.70. The molecule has 1 N–H and O–H groups in total. The van der Waals surface area contributed by atoms with Crippen molar-refractivity contribution in [3.05, 3.63) is 24.4 Å². The van der Waals surface area contributed by atoms with Crippen LogP contribution in [0, 0.1) is 5.41 Å². The van der Waals surface area contributed by atoms with Gasteiger partial charge in [-0.05, 0) is 31.4 Å². The lowest BCUT2D eigenvalue weighted by atomic mass is 9.89. The summed E-state index contributed by atoms with van der Waals surface area (Å²) in [5.41, 5.74) is 0.331. The molecule has 2 atom stereocenters. The highest BCUT2D eigenvalue weighted by Gasteiger charge is 2.57. The van der Waals surface area contributed by atoms with Gasteiger partial charge in [0, 0.05) is 44.2 Å². The number of amides is 1. The molecule has 6 heteroatoms. The maximum atomic E-state index is 13.0. The van der Waals surface area contributed by atoms with E-state index in [0.717, 1.165) is 38.3 Å². The van der Waals surface area contributed by atoms with Crippen LogP contribution in [-0.2, 0) is 4.79 Å². The van der Waals surface area contributed by atoms with Gasteiger partial charge in [0.15, 0.2) is 6.04 Å². The molecule has 24 heavy (non-hydrogen) atoms. The molecule has 0 aromatic carbocycles. The summed E-state index contributed by atoms with van der Waals surface area (Å²) in [6.45, 7) is 3.74. The molecule has 1 aliphatic carbocycles. The number of piperazine rings is 1. The summed E-state index contributed by atoms with van der Waals surface area (Å²) in [5.74, 6) is 1.09. The summed E-state index contributed by atoms with van der Waals surface area (Å²) in [4.78, 5) is 21.5. The Bertz CT molecular complexity index is 607. The number of quaternary nitrogens is 1. The molecule has 6 nitrogen and oxygen atoms in total. The Kier molecular flexibility index (Phi) is 3.77. The van der Waals surface area contributed by atoms with Crippen molar-refractivity contribution in [1.29, 1.82) is 0 Å². The number of carbonyl (C=O) groups is 1. The predicted octanol–water partition coefficient (Wildman–Crippen LogP) is 1.51. The molecule has 0 bridgehead atoms. The third kappa shape index (κ3) is 2.89. The number of rotatable bonds is 2. The van der Waals surface area contributed by atoms with Crippen molar-refractivity contribution < 1.29 is 14.6 Å². The van der Waals surface area contributed by atoms with Gasteiger partial charge in [0.25, 0.3) is 5.91 Å². The third-order valence-electron chi connectivity index (χ3n) is 6.08. The van der Waals surface area contributed by atoms with Gasteiger partial charge in [-0.3, -0.25) is 4.79 Å². The fraction of sp³-hybridized carbons (Fsp3) is 0.667. The first-order valence-electron chi connectivity index (χ1n) is 9.02. The van der Waals surface area contributed by atoms with Crippen molar-refractivity contribution in [2.45, 2.75) is 31.7 Å². The molecule has 3 heterocycles. The van der Waals surface area contributed by atoms with E-state index < -0.39 is 0 Å². The molecule has 1 aromatic heterocycles. The highest BCUT2D eigenvalue weighted by atomic mass is 16.5. The topological polar surface area (TPSA) is 56.7 Å². The van der Waals surface area contributed by atoms with Crippen LogP contribution in [0.25, 0.3) is 0 Å². The highest BCUT2D eigenvalue weighted by molar-refractivity contribution is 5.81. The summed E-state index contributed by atoms with van der Waals surface area (Å²) in [6.07, 6.45) is 6.13. The number of likely N-dealkylation sites (tertiary alicyclic amines) is 1. The summed E-state index contributed by atoms with van der Waals surface area (Å²) in [7, 11) is 1.81. The molecular formula is C18H27N4O2+. The summed E-state index contributed by atoms with van der Waals surface area (Å²) >= 11 is 0. The fourth-order valence-corrected chi connectivity index (χ4v) is 4.44. The summed E-state index contributed by atoms with van der Waals surface area (Å²) < 4.78 is -0.126. The van der Waals surface area contributed by atoms with Gasteiger partial charge in [0.05, 0.1) is 7.05 Å². The van der Waals surface area contributed by atoms with E-state index in [0.29, 0.717) is 18.5 Å². The zero-order valence-corrected chi connectivity index (χ0v) is 14.4. The molecule has 0 radical (unpaired) electrons. The number of pyridine rings is 1. The van der Waals surface area contributed by atoms with Crippen LogP contribution in [0.5, 0.6) is 0 Å². The molecule has 1 saturated carbocycles. The second-order valence-electron chi connectivity index (χ2n) is 7.93. The molecule has 4 rings (SSSR count). The smallest absolute Gasteiger partial charge is 0.284 e. The molecule has 130 valence electrons. The zero-order chi connectivity index (χ0) is 16.8. The van der Waals surface area contributed by atoms with Gasteiger partial charge in [-0.1, -0.05) is 6.07 Å². The first-order chi connectivity index (χ1) is 11.5. The van der Waals surface area contributed by atoms with Crippen LogP contribution in [0.15, 0.2) is 24.4 Å². The van der Waals surface area contributed by atoms with Gasteiger partial charge in [0.2, 0.25) is 0 Å². The maximum Gasteiger partial charge on any atom is 0.284 e. The summed E-state index contributed by atoms with van der Waals surface area (Å²) in [5, 5.41) is 10.8. The molecule has 1 amide bonds. The van der Waals surface area contributed by atoms with E-state index in [1.54, 1.807) is 6.20 Å². The number of hydroxylamine groups is 3. The predicted molar refractivity (Wildman–Crippen MR) is 90.6 cm³/mol. The van der Waals surface area contributed by atoms with Crippen molar-refractivity contribution in [2.24, 2.45) is 5.41 Å². The van der Waals surface area contributed by atoms with E-state index in [4.69, 9.17) is 0 Å². The van der Waals surface area contributed by atoms with E-state index in [1.807, 2.05) is 30.1 Å². The summed E-state index contributed by atoms with van der Waals surface area (Å²) in [6, 6.07) is 5.62. The van der Waals surface area contributed by atoms with Gasteiger partial charge in [-0.15, -0.1) is 0 Å². The van der Waals surface area contributed by atoms with E-state index in [9.17, 15) is 10.0 Å². The zero-order valence-electron chi connectivity index (χ0n) is 14.4. The van der Waals surface area contributed by atoms with Crippen molar-refractivity contribution in [3.63, 3.8) is 0 Å². The monoisotopic (exact) mass is 331 g/mol. The SMILES string of the molecule is C[N+]1(O)CC2(CCC1C(=O)N1CCN(c3ccccn3)CC1)CC2. The lowest BCUT2D eigenvalue weighted by molar-refractivity contribution is -1.11. The number of likely N-dealkylation sites (N-methyl/N-ethyl adjacent to an activating group) is 1. The Morgan fingerprint density at radius 2 is 2.00 bits per heavy atom. The second-order valence-corrected chi connectivity index (χ2v) is 7.93. The number of hydrogen-bond acceptors (Lipinski definition) is 4. The fourth-order valence-electron chi connectivity index (χ4n) is 4.44. The minimum Gasteiger partial charge on any atom is -0.353 e. The highest BCUT2D eigenvalue weighted by Crippen LogP contribution is 2.54. The number of carbonyl (C=O) groups excluding carboxylic acids is 1. The Labute approximate surface area is 143 Å². The quantitative estimate of drug-likeness (QED) is 0.835. The van der Waals surface area contributed by atoms with Crippen LogP contribution in [0.1, 0.15) is 25.7 Å². The Hall–Kier alpha value is -1.66. The van der Waals surface area contributed by atoms with Crippen molar-refractivity contribution >= 4 is 11.7 Å². The molecule has 3 fully saturated rings. The lowest BCUT2D eigenvalue weighted by Gasteiger charge is -2.43. The minimum atomic E-state index is -0.294. The van der Waals surface area contributed by atoms with Gasteiger partial charge < -0.3 is 9.80 Å². The van der Waals surface area contributed by atoms with Crippen molar-refractivity contribution in [2.75, 3.05) is 44.7 Å².